The van der Waals surface area contributed by atoms with E-state index in [1.807, 2.05) is 5.16 Å². The average molecular weight is 566 g/mol. The molecule has 1 aliphatic heterocycles. The minimum Gasteiger partial charge on any atom is -0.497 e. The fourth-order valence-corrected chi connectivity index (χ4v) is 4.74. The van der Waals surface area contributed by atoms with Crippen molar-refractivity contribution >= 4 is 17.5 Å². The SMILES string of the molecule is COc1ccc2c(c1)CCN(C(=O)c1cc(=O)[nH]o1)C2C(=O)Nc1cc(F)c(C(C)(C)COCC(F)F)c(F)c1. The molecule has 1 atom stereocenters. The topological polar surface area (TPSA) is 114 Å². The number of H-pyrrole nitrogens is 1. The van der Waals surface area contributed by atoms with E-state index in [2.05, 4.69) is 5.32 Å². The minimum atomic E-state index is -2.73. The molecule has 0 saturated carbocycles. The molecule has 0 spiro atoms. The quantitative estimate of drug-likeness (QED) is 0.376. The van der Waals surface area contributed by atoms with E-state index in [4.69, 9.17) is 14.0 Å². The zero-order valence-corrected chi connectivity index (χ0v) is 21.9. The van der Waals surface area contributed by atoms with Gasteiger partial charge in [-0.1, -0.05) is 19.9 Å². The molecule has 0 fully saturated rings. The van der Waals surface area contributed by atoms with Crippen LogP contribution in [0.1, 0.15) is 47.1 Å². The smallest absolute Gasteiger partial charge is 0.293 e. The summed E-state index contributed by atoms with van der Waals surface area (Å²) in [5, 5.41) is 4.50. The summed E-state index contributed by atoms with van der Waals surface area (Å²) >= 11 is 0. The van der Waals surface area contributed by atoms with Crippen molar-refractivity contribution in [3.63, 3.8) is 0 Å². The van der Waals surface area contributed by atoms with E-state index in [0.29, 0.717) is 17.7 Å². The van der Waals surface area contributed by atoms with E-state index in [0.717, 1.165) is 23.8 Å². The molecular weight excluding hydrogens is 538 g/mol. The van der Waals surface area contributed by atoms with Gasteiger partial charge in [-0.05, 0) is 41.8 Å². The molecule has 3 aromatic rings. The molecule has 2 heterocycles. The molecule has 1 aromatic heterocycles. The van der Waals surface area contributed by atoms with Crippen molar-refractivity contribution in [1.82, 2.24) is 10.1 Å². The van der Waals surface area contributed by atoms with Crippen LogP contribution in [0.15, 0.2) is 45.7 Å². The Balaban J connectivity index is 1.64. The highest BCUT2D eigenvalue weighted by Crippen LogP contribution is 2.35. The number of carbonyl (C=O) groups excluding carboxylic acids is 2. The van der Waals surface area contributed by atoms with E-state index >= 15 is 8.78 Å². The maximum Gasteiger partial charge on any atom is 0.293 e. The normalized spacial score (nSPS) is 15.2. The predicted molar refractivity (Wildman–Crippen MR) is 135 cm³/mol. The summed E-state index contributed by atoms with van der Waals surface area (Å²) in [7, 11) is 1.48. The number of carbonyl (C=O) groups is 2. The third kappa shape index (κ3) is 6.03. The summed E-state index contributed by atoms with van der Waals surface area (Å²) in [4.78, 5) is 39.5. The van der Waals surface area contributed by atoms with Crippen LogP contribution < -0.4 is 15.6 Å². The first-order valence-electron chi connectivity index (χ1n) is 12.2. The predicted octanol–water partition coefficient (Wildman–Crippen LogP) is 4.19. The van der Waals surface area contributed by atoms with Gasteiger partial charge in [-0.25, -0.2) is 17.6 Å². The molecule has 214 valence electrons. The lowest BCUT2D eigenvalue weighted by molar-refractivity contribution is -0.121. The summed E-state index contributed by atoms with van der Waals surface area (Å²) in [5.74, 6) is -3.32. The highest BCUT2D eigenvalue weighted by Gasteiger charge is 2.38. The van der Waals surface area contributed by atoms with Crippen molar-refractivity contribution in [2.75, 3.05) is 32.2 Å². The molecule has 1 aliphatic rings. The van der Waals surface area contributed by atoms with E-state index < -0.39 is 59.1 Å². The van der Waals surface area contributed by atoms with Gasteiger partial charge in [0.15, 0.2) is 0 Å². The first kappa shape index (κ1) is 28.9. The number of benzene rings is 2. The number of nitrogens with one attached hydrogen (secondary N) is 2. The summed E-state index contributed by atoms with van der Waals surface area (Å²) in [6, 6.07) is 6.46. The number of ether oxygens (including phenoxy) is 2. The van der Waals surface area contributed by atoms with Gasteiger partial charge in [0.05, 0.1) is 19.8 Å². The Morgan fingerprint density at radius 1 is 1.18 bits per heavy atom. The molecule has 2 amide bonds. The van der Waals surface area contributed by atoms with Crippen molar-refractivity contribution in [3.8, 4) is 5.75 Å². The van der Waals surface area contributed by atoms with Crippen LogP contribution in [-0.2, 0) is 21.4 Å². The largest absolute Gasteiger partial charge is 0.497 e. The van der Waals surface area contributed by atoms with Crippen LogP contribution in [0.2, 0.25) is 0 Å². The first-order valence-corrected chi connectivity index (χ1v) is 12.2. The number of hydrogen-bond acceptors (Lipinski definition) is 6. The monoisotopic (exact) mass is 565 g/mol. The minimum absolute atomic E-state index is 0.0699. The Kier molecular flexibility index (Phi) is 8.33. The Labute approximate surface area is 226 Å². The fourth-order valence-electron chi connectivity index (χ4n) is 4.74. The Hall–Kier alpha value is -4.13. The number of methoxy groups -OCH3 is 1. The highest BCUT2D eigenvalue weighted by molar-refractivity contribution is 6.01. The van der Waals surface area contributed by atoms with E-state index in [9.17, 15) is 23.2 Å². The molecule has 2 aromatic carbocycles. The number of hydrogen-bond donors (Lipinski definition) is 2. The van der Waals surface area contributed by atoms with Gasteiger partial charge in [-0.3, -0.25) is 14.4 Å². The van der Waals surface area contributed by atoms with Gasteiger partial charge in [0.1, 0.15) is 30.0 Å². The molecule has 0 saturated heterocycles. The van der Waals surface area contributed by atoms with Gasteiger partial charge in [-0.15, -0.1) is 0 Å². The first-order chi connectivity index (χ1) is 18.9. The van der Waals surface area contributed by atoms with Crippen molar-refractivity contribution in [2.45, 2.75) is 38.2 Å². The number of fused-ring (bicyclic) bond motifs is 1. The molecule has 13 heteroatoms. The lowest BCUT2D eigenvalue weighted by Crippen LogP contribution is -2.45. The second-order valence-electron chi connectivity index (χ2n) is 9.89. The van der Waals surface area contributed by atoms with Gasteiger partial charge >= 0.3 is 0 Å². The fraction of sp³-hybridized carbons (Fsp3) is 0.370. The number of halogens is 4. The van der Waals surface area contributed by atoms with Crippen LogP contribution in [0.4, 0.5) is 23.2 Å². The number of amides is 2. The molecule has 0 bridgehead atoms. The van der Waals surface area contributed by atoms with Gasteiger partial charge in [0.2, 0.25) is 5.76 Å². The zero-order chi connectivity index (χ0) is 29.2. The van der Waals surface area contributed by atoms with Crippen molar-refractivity contribution in [3.05, 3.63) is 80.8 Å². The number of anilines is 1. The molecule has 2 N–H and O–H groups in total. The lowest BCUT2D eigenvalue weighted by atomic mass is 9.84. The van der Waals surface area contributed by atoms with Gasteiger partial charge in [-0.2, -0.15) is 5.16 Å². The van der Waals surface area contributed by atoms with E-state index in [1.165, 1.54) is 25.9 Å². The van der Waals surface area contributed by atoms with Crippen molar-refractivity contribution in [2.24, 2.45) is 0 Å². The highest BCUT2D eigenvalue weighted by atomic mass is 19.3. The van der Waals surface area contributed by atoms with Crippen LogP contribution in [0.5, 0.6) is 5.75 Å². The summed E-state index contributed by atoms with van der Waals surface area (Å²) in [6.07, 6.45) is -2.37. The maximum atomic E-state index is 15.1. The number of aromatic amines is 1. The standard InChI is InChI=1S/C27H27F4N3O6/c1-27(2,13-39-12-21(30)31)23-18(28)9-15(10-19(23)29)32-25(36)24-17-5-4-16(38-3)8-14(17)6-7-34(24)26(37)20-11-22(35)33-40-20/h4-5,8-11,21,24H,6-7,12-13H2,1-3H3,(H,32,36)(H,33,35). The van der Waals surface area contributed by atoms with Crippen LogP contribution >= 0.6 is 0 Å². The van der Waals surface area contributed by atoms with Crippen molar-refractivity contribution < 1.29 is 41.1 Å². The molecular formula is C27H27F4N3O6. The van der Waals surface area contributed by atoms with Crippen LogP contribution in [0.3, 0.4) is 0 Å². The van der Waals surface area contributed by atoms with Crippen LogP contribution in [0, 0.1) is 11.6 Å². The number of alkyl halides is 2. The van der Waals surface area contributed by atoms with E-state index in [1.54, 1.807) is 18.2 Å². The lowest BCUT2D eigenvalue weighted by Gasteiger charge is -2.36. The number of aromatic nitrogens is 1. The third-order valence-electron chi connectivity index (χ3n) is 6.52. The Morgan fingerprint density at radius 2 is 1.88 bits per heavy atom. The molecule has 40 heavy (non-hydrogen) atoms. The summed E-state index contributed by atoms with van der Waals surface area (Å²) in [6.45, 7) is 1.70. The maximum absolute atomic E-state index is 15.1. The second kappa shape index (κ2) is 11.5. The molecule has 0 aliphatic carbocycles. The van der Waals surface area contributed by atoms with Crippen LogP contribution in [0.25, 0.3) is 0 Å². The molecule has 0 radical (unpaired) electrons. The molecule has 4 rings (SSSR count). The summed E-state index contributed by atoms with van der Waals surface area (Å²) in [5.41, 5.74) is -1.39. The van der Waals surface area contributed by atoms with E-state index in [-0.39, 0.29) is 24.6 Å². The Bertz CT molecular complexity index is 1450. The van der Waals surface area contributed by atoms with Gasteiger partial charge in [0.25, 0.3) is 23.8 Å². The average Bonchev–Trinajstić information content (AvgIpc) is 3.32. The molecule has 1 unspecified atom stereocenters. The third-order valence-corrected chi connectivity index (χ3v) is 6.52. The summed E-state index contributed by atoms with van der Waals surface area (Å²) < 4.78 is 70.2. The Morgan fingerprint density at radius 3 is 2.48 bits per heavy atom. The zero-order valence-electron chi connectivity index (χ0n) is 21.9. The number of nitrogens with zero attached hydrogens (tertiary/aromatic N) is 1. The number of rotatable bonds is 9. The van der Waals surface area contributed by atoms with Crippen molar-refractivity contribution in [1.29, 1.82) is 0 Å². The molecule has 9 nitrogen and oxygen atoms in total. The van der Waals surface area contributed by atoms with Crippen LogP contribution in [-0.4, -0.2) is 55.2 Å². The second-order valence-corrected chi connectivity index (χ2v) is 9.89. The van der Waals surface area contributed by atoms with Gasteiger partial charge < -0.3 is 24.2 Å². The van der Waals surface area contributed by atoms with Gasteiger partial charge in [0, 0.05) is 23.2 Å².